The minimum absolute atomic E-state index is 0.0910. The van der Waals surface area contributed by atoms with Crippen LogP contribution in [0.1, 0.15) is 42.8 Å². The Bertz CT molecular complexity index is 1450. The molecule has 1 saturated heterocycles. The molecule has 36 heavy (non-hydrogen) atoms. The van der Waals surface area contributed by atoms with E-state index in [1.807, 2.05) is 36.5 Å². The summed E-state index contributed by atoms with van der Waals surface area (Å²) in [7, 11) is 0. The third kappa shape index (κ3) is 4.41. The van der Waals surface area contributed by atoms with Gasteiger partial charge >= 0.3 is 0 Å². The molecule has 0 N–H and O–H groups in total. The lowest BCUT2D eigenvalue weighted by Crippen LogP contribution is -2.43. The highest BCUT2D eigenvalue weighted by molar-refractivity contribution is 5.88. The van der Waals surface area contributed by atoms with Gasteiger partial charge in [0.2, 0.25) is 5.95 Å². The molecule has 4 aromatic rings. The standard InChI is InChI=1S/C26H27F2N7O/c1-14-10-34(13-22(36-14)18-9-29-35(12-18)11-17-4-5-17)26-32-23(20-7-6-19(27)8-21(20)28)24-25(33-26)31-16(3)15(2)30-24/h6-9,12,14,17,22H,4-5,10-11,13H2,1-3H3/t14-,22-/m0/s1. The number of hydrogen-bond acceptors (Lipinski definition) is 7. The van der Waals surface area contributed by atoms with E-state index >= 15 is 0 Å². The third-order valence-electron chi connectivity index (χ3n) is 6.83. The van der Waals surface area contributed by atoms with E-state index in [0.717, 1.165) is 29.8 Å². The highest BCUT2D eigenvalue weighted by Gasteiger charge is 2.31. The molecular weight excluding hydrogens is 464 g/mol. The van der Waals surface area contributed by atoms with Crippen LogP contribution in [0.2, 0.25) is 0 Å². The lowest BCUT2D eigenvalue weighted by Gasteiger charge is -2.36. The van der Waals surface area contributed by atoms with E-state index in [9.17, 15) is 8.78 Å². The van der Waals surface area contributed by atoms with Crippen molar-refractivity contribution >= 4 is 17.1 Å². The van der Waals surface area contributed by atoms with Crippen LogP contribution in [0.4, 0.5) is 14.7 Å². The van der Waals surface area contributed by atoms with Crippen LogP contribution in [0.5, 0.6) is 0 Å². The lowest BCUT2D eigenvalue weighted by atomic mass is 10.1. The molecule has 1 aliphatic heterocycles. The van der Waals surface area contributed by atoms with Gasteiger partial charge in [0.05, 0.1) is 30.2 Å². The highest BCUT2D eigenvalue weighted by atomic mass is 19.1. The van der Waals surface area contributed by atoms with Crippen molar-refractivity contribution in [3.8, 4) is 11.3 Å². The van der Waals surface area contributed by atoms with Crippen molar-refractivity contribution in [2.45, 2.75) is 52.4 Å². The number of anilines is 1. The Hall–Kier alpha value is -3.53. The Balaban J connectivity index is 1.40. The number of ether oxygens (including phenoxy) is 1. The maximum atomic E-state index is 14.9. The Morgan fingerprint density at radius 3 is 2.61 bits per heavy atom. The first kappa shape index (κ1) is 22.9. The van der Waals surface area contributed by atoms with Crippen LogP contribution in [-0.4, -0.2) is 48.9 Å². The molecule has 0 bridgehead atoms. The molecule has 0 radical (unpaired) electrons. The van der Waals surface area contributed by atoms with Crippen molar-refractivity contribution in [2.75, 3.05) is 18.0 Å². The molecule has 8 nitrogen and oxygen atoms in total. The summed E-state index contributed by atoms with van der Waals surface area (Å²) in [5.74, 6) is -0.230. The average molecular weight is 492 g/mol. The van der Waals surface area contributed by atoms with Gasteiger partial charge in [-0.15, -0.1) is 0 Å². The lowest BCUT2D eigenvalue weighted by molar-refractivity contribution is -0.0178. The number of hydrogen-bond donors (Lipinski definition) is 0. The van der Waals surface area contributed by atoms with Crippen molar-refractivity contribution in [3.63, 3.8) is 0 Å². The summed E-state index contributed by atoms with van der Waals surface area (Å²) in [6.07, 6.45) is 6.14. The predicted octanol–water partition coefficient (Wildman–Crippen LogP) is 4.55. The number of fused-ring (bicyclic) bond motifs is 1. The Labute approximate surface area is 207 Å². The second-order valence-corrected chi connectivity index (χ2v) is 9.84. The van der Waals surface area contributed by atoms with E-state index in [1.54, 1.807) is 0 Å². The average Bonchev–Trinajstić information content (AvgIpc) is 3.53. The highest BCUT2D eigenvalue weighted by Crippen LogP contribution is 2.33. The van der Waals surface area contributed by atoms with Crippen molar-refractivity contribution in [1.82, 2.24) is 29.7 Å². The second-order valence-electron chi connectivity index (χ2n) is 9.84. The van der Waals surface area contributed by atoms with Crippen molar-refractivity contribution in [3.05, 3.63) is 59.2 Å². The number of morpholine rings is 1. The van der Waals surface area contributed by atoms with E-state index in [0.29, 0.717) is 35.9 Å². The summed E-state index contributed by atoms with van der Waals surface area (Å²) in [6, 6.07) is 3.45. The summed E-state index contributed by atoms with van der Waals surface area (Å²) in [6.45, 7) is 7.69. The van der Waals surface area contributed by atoms with Crippen LogP contribution in [0.15, 0.2) is 30.6 Å². The first-order valence-corrected chi connectivity index (χ1v) is 12.2. The normalized spacial score (nSPS) is 20.3. The number of nitrogens with zero attached hydrogens (tertiary/aromatic N) is 7. The number of halogens is 2. The first-order valence-electron chi connectivity index (χ1n) is 12.2. The maximum absolute atomic E-state index is 14.9. The van der Waals surface area contributed by atoms with E-state index in [4.69, 9.17) is 14.7 Å². The van der Waals surface area contributed by atoms with Crippen LogP contribution in [0.25, 0.3) is 22.4 Å². The molecule has 0 spiro atoms. The Kier molecular flexibility index (Phi) is 5.63. The van der Waals surface area contributed by atoms with Gasteiger partial charge in [-0.3, -0.25) is 4.68 Å². The summed E-state index contributed by atoms with van der Waals surface area (Å²) in [4.78, 5) is 20.7. The number of aromatic nitrogens is 6. The number of aryl methyl sites for hydroxylation is 2. The smallest absolute Gasteiger partial charge is 0.228 e. The van der Waals surface area contributed by atoms with Gasteiger partial charge in [0.25, 0.3) is 0 Å². The van der Waals surface area contributed by atoms with Gasteiger partial charge in [0.15, 0.2) is 5.65 Å². The SMILES string of the molecule is Cc1nc2nc(N3C[C@@H](c4cnn(CC5CC5)c4)O[C@@H](C)C3)nc(-c3ccc(F)cc3F)c2nc1C. The van der Waals surface area contributed by atoms with E-state index in [2.05, 4.69) is 21.3 Å². The van der Waals surface area contributed by atoms with Gasteiger partial charge in [-0.25, -0.2) is 23.7 Å². The minimum atomic E-state index is -0.711. The van der Waals surface area contributed by atoms with Crippen LogP contribution in [0, 0.1) is 31.4 Å². The van der Waals surface area contributed by atoms with Crippen molar-refractivity contribution in [2.24, 2.45) is 5.92 Å². The summed E-state index contributed by atoms with van der Waals surface area (Å²) in [5.41, 5.74) is 3.63. The van der Waals surface area contributed by atoms with Crippen LogP contribution < -0.4 is 4.90 Å². The fourth-order valence-corrected chi connectivity index (χ4v) is 4.62. The molecule has 2 atom stereocenters. The van der Waals surface area contributed by atoms with Crippen molar-refractivity contribution < 1.29 is 13.5 Å². The summed E-state index contributed by atoms with van der Waals surface area (Å²) < 4.78 is 36.8. The van der Waals surface area contributed by atoms with Crippen LogP contribution >= 0.6 is 0 Å². The van der Waals surface area contributed by atoms with E-state index in [1.165, 1.54) is 25.0 Å². The minimum Gasteiger partial charge on any atom is -0.367 e. The second kappa shape index (κ2) is 8.85. The molecule has 4 heterocycles. The van der Waals surface area contributed by atoms with Gasteiger partial charge in [0, 0.05) is 36.5 Å². The first-order chi connectivity index (χ1) is 17.3. The van der Waals surface area contributed by atoms with Gasteiger partial charge in [0.1, 0.15) is 28.9 Å². The molecule has 0 amide bonds. The molecule has 6 rings (SSSR count). The quantitative estimate of drug-likeness (QED) is 0.405. The van der Waals surface area contributed by atoms with Crippen LogP contribution in [-0.2, 0) is 11.3 Å². The molecule has 2 fully saturated rings. The molecule has 0 unspecified atom stereocenters. The molecule has 2 aliphatic rings. The molecular formula is C26H27F2N7O. The van der Waals surface area contributed by atoms with Gasteiger partial charge in [-0.2, -0.15) is 10.1 Å². The molecule has 186 valence electrons. The monoisotopic (exact) mass is 491 g/mol. The molecule has 1 aromatic carbocycles. The summed E-state index contributed by atoms with van der Waals surface area (Å²) in [5, 5.41) is 4.52. The van der Waals surface area contributed by atoms with Crippen molar-refractivity contribution in [1.29, 1.82) is 0 Å². The number of rotatable bonds is 5. The van der Waals surface area contributed by atoms with Gasteiger partial charge in [-0.1, -0.05) is 0 Å². The Morgan fingerprint density at radius 2 is 1.83 bits per heavy atom. The molecule has 1 saturated carbocycles. The zero-order chi connectivity index (χ0) is 25.0. The topological polar surface area (TPSA) is 81.9 Å². The maximum Gasteiger partial charge on any atom is 0.228 e. The Morgan fingerprint density at radius 1 is 1.03 bits per heavy atom. The van der Waals surface area contributed by atoms with Gasteiger partial charge in [-0.05, 0) is 51.7 Å². The summed E-state index contributed by atoms with van der Waals surface area (Å²) >= 11 is 0. The zero-order valence-electron chi connectivity index (χ0n) is 20.4. The number of benzene rings is 1. The third-order valence-corrected chi connectivity index (χ3v) is 6.83. The molecule has 10 heteroatoms. The van der Waals surface area contributed by atoms with Crippen LogP contribution in [0.3, 0.4) is 0 Å². The zero-order valence-corrected chi connectivity index (χ0v) is 20.4. The fourth-order valence-electron chi connectivity index (χ4n) is 4.62. The fraction of sp³-hybridized carbons (Fsp3) is 0.423. The van der Waals surface area contributed by atoms with E-state index in [-0.39, 0.29) is 23.5 Å². The molecule has 3 aromatic heterocycles. The van der Waals surface area contributed by atoms with E-state index < -0.39 is 11.6 Å². The largest absolute Gasteiger partial charge is 0.367 e. The molecule has 1 aliphatic carbocycles. The predicted molar refractivity (Wildman–Crippen MR) is 130 cm³/mol. The van der Waals surface area contributed by atoms with Gasteiger partial charge < -0.3 is 9.64 Å².